The first-order valence-corrected chi connectivity index (χ1v) is 7.15. The summed E-state index contributed by atoms with van der Waals surface area (Å²) < 4.78 is 22.1. The normalized spacial score (nSPS) is 23.4. The maximum absolute atomic E-state index is 11.6. The van der Waals surface area contributed by atoms with Crippen molar-refractivity contribution in [2.45, 2.75) is 31.4 Å². The number of carbonyl (C=O) groups is 1. The highest BCUT2D eigenvalue weighted by atomic mass is 32.2. The molecule has 3 N–H and O–H groups in total. The zero-order valence-corrected chi connectivity index (χ0v) is 11.4. The molecule has 0 fully saturated rings. The lowest BCUT2D eigenvalue weighted by Crippen LogP contribution is -2.42. The van der Waals surface area contributed by atoms with Gasteiger partial charge < -0.3 is 5.32 Å². The van der Waals surface area contributed by atoms with Crippen LogP contribution in [0.2, 0.25) is 0 Å². The highest BCUT2D eigenvalue weighted by Crippen LogP contribution is 2.30. The third-order valence-electron chi connectivity index (χ3n) is 3.04. The van der Waals surface area contributed by atoms with E-state index in [0.29, 0.717) is 17.7 Å². The fourth-order valence-electron chi connectivity index (χ4n) is 1.67. The number of hydrogen-bond donors (Lipinski definition) is 2. The molecule has 0 aliphatic heterocycles. The molecule has 1 amide bonds. The highest BCUT2D eigenvalue weighted by molar-refractivity contribution is 7.90. The van der Waals surface area contributed by atoms with E-state index >= 15 is 0 Å². The molecule has 0 aromatic rings. The molecule has 18 heavy (non-hydrogen) atoms. The molecule has 1 aliphatic carbocycles. The Morgan fingerprint density at radius 2 is 2.22 bits per heavy atom. The number of hydrogen-bond acceptors (Lipinski definition) is 3. The van der Waals surface area contributed by atoms with Gasteiger partial charge in [-0.15, -0.1) is 0 Å². The Hall–Kier alpha value is -1.40. The van der Waals surface area contributed by atoms with E-state index in [1.54, 1.807) is 26.0 Å². The van der Waals surface area contributed by atoms with Gasteiger partial charge in [0, 0.05) is 11.3 Å². The summed E-state index contributed by atoms with van der Waals surface area (Å²) >= 11 is 0. The predicted molar refractivity (Wildman–Crippen MR) is 70.9 cm³/mol. The third kappa shape index (κ3) is 2.88. The molecule has 1 unspecified atom stereocenters. The lowest BCUT2D eigenvalue weighted by atomic mass is 9.95. The Kier molecular flexibility index (Phi) is 4.13. The number of amides is 1. The standard InChI is InChI=1S/C12H18N2O3S/c1-4-12(18(13,16)17)7-5-10(6-8-12)14-11(15)9(2)3/h5-7H,2,4,8H2,1,3H3,(H,14,15)(H2,13,16,17). The van der Waals surface area contributed by atoms with Crippen LogP contribution < -0.4 is 10.5 Å². The van der Waals surface area contributed by atoms with Crippen molar-refractivity contribution in [3.63, 3.8) is 0 Å². The number of nitrogens with one attached hydrogen (secondary N) is 1. The van der Waals surface area contributed by atoms with E-state index in [9.17, 15) is 13.2 Å². The van der Waals surface area contributed by atoms with Crippen LogP contribution in [0, 0.1) is 0 Å². The summed E-state index contributed by atoms with van der Waals surface area (Å²) in [6.07, 6.45) is 5.41. The van der Waals surface area contributed by atoms with Gasteiger partial charge in [0.1, 0.15) is 4.75 Å². The molecule has 0 saturated heterocycles. The Morgan fingerprint density at radius 1 is 1.61 bits per heavy atom. The van der Waals surface area contributed by atoms with E-state index in [2.05, 4.69) is 11.9 Å². The summed E-state index contributed by atoms with van der Waals surface area (Å²) in [6, 6.07) is 0. The molecule has 0 spiro atoms. The van der Waals surface area contributed by atoms with Gasteiger partial charge in [-0.25, -0.2) is 13.6 Å². The van der Waals surface area contributed by atoms with Crippen molar-refractivity contribution < 1.29 is 13.2 Å². The average Bonchev–Trinajstić information content (AvgIpc) is 2.28. The van der Waals surface area contributed by atoms with E-state index in [0.717, 1.165) is 0 Å². The van der Waals surface area contributed by atoms with Gasteiger partial charge in [0.2, 0.25) is 10.0 Å². The summed E-state index contributed by atoms with van der Waals surface area (Å²) in [4.78, 5) is 11.4. The maximum Gasteiger partial charge on any atom is 0.250 e. The van der Waals surface area contributed by atoms with Gasteiger partial charge in [-0.05, 0) is 25.8 Å². The Balaban J connectivity index is 2.88. The quantitative estimate of drug-likeness (QED) is 0.746. The van der Waals surface area contributed by atoms with Gasteiger partial charge in [0.15, 0.2) is 0 Å². The molecule has 0 bridgehead atoms. The molecule has 0 heterocycles. The number of primary sulfonamides is 1. The van der Waals surface area contributed by atoms with Gasteiger partial charge in [-0.1, -0.05) is 25.7 Å². The van der Waals surface area contributed by atoms with E-state index < -0.39 is 14.8 Å². The van der Waals surface area contributed by atoms with Crippen LogP contribution in [0.15, 0.2) is 36.1 Å². The zero-order chi connectivity index (χ0) is 14.0. The van der Waals surface area contributed by atoms with Crippen LogP contribution in [0.1, 0.15) is 26.7 Å². The van der Waals surface area contributed by atoms with Gasteiger partial charge in [-0.3, -0.25) is 4.79 Å². The monoisotopic (exact) mass is 270 g/mol. The zero-order valence-electron chi connectivity index (χ0n) is 10.6. The third-order valence-corrected chi connectivity index (χ3v) is 4.77. The van der Waals surface area contributed by atoms with Crippen molar-refractivity contribution in [1.29, 1.82) is 0 Å². The van der Waals surface area contributed by atoms with E-state index in [1.807, 2.05) is 0 Å². The first kappa shape index (κ1) is 14.7. The number of nitrogens with two attached hydrogens (primary N) is 1. The number of carbonyl (C=O) groups excluding carboxylic acids is 1. The van der Waals surface area contributed by atoms with Crippen molar-refractivity contribution in [1.82, 2.24) is 5.32 Å². The predicted octanol–water partition coefficient (Wildman–Crippen LogP) is 0.960. The summed E-state index contributed by atoms with van der Waals surface area (Å²) in [5.41, 5.74) is 0.957. The molecule has 100 valence electrons. The molecule has 0 aromatic carbocycles. The number of rotatable bonds is 4. The SMILES string of the molecule is C=C(C)C(=O)NC1=CCC(CC)(S(N)(=O)=O)C=C1. The smallest absolute Gasteiger partial charge is 0.250 e. The Bertz CT molecular complexity index is 532. The minimum atomic E-state index is -3.67. The van der Waals surface area contributed by atoms with Crippen LogP contribution in [0.25, 0.3) is 0 Å². The molecule has 0 aromatic heterocycles. The molecule has 6 heteroatoms. The van der Waals surface area contributed by atoms with E-state index in [-0.39, 0.29) is 12.3 Å². The van der Waals surface area contributed by atoms with Gasteiger partial charge >= 0.3 is 0 Å². The van der Waals surface area contributed by atoms with Crippen LogP contribution in [-0.2, 0) is 14.8 Å². The number of allylic oxidation sites excluding steroid dienone is 2. The second kappa shape index (κ2) is 5.07. The van der Waals surface area contributed by atoms with Crippen molar-refractivity contribution in [3.8, 4) is 0 Å². The summed E-state index contributed by atoms with van der Waals surface area (Å²) in [7, 11) is -3.67. The minimum Gasteiger partial charge on any atom is -0.323 e. The van der Waals surface area contributed by atoms with E-state index in [1.165, 1.54) is 6.08 Å². The van der Waals surface area contributed by atoms with Crippen molar-refractivity contribution in [2.24, 2.45) is 5.14 Å². The second-order valence-electron chi connectivity index (χ2n) is 4.39. The first-order valence-electron chi connectivity index (χ1n) is 5.60. The summed E-state index contributed by atoms with van der Waals surface area (Å²) in [5.74, 6) is -0.287. The van der Waals surface area contributed by atoms with E-state index in [4.69, 9.17) is 5.14 Å². The fourth-order valence-corrected chi connectivity index (χ4v) is 2.64. The molecule has 1 atom stereocenters. The Labute approximate surface area is 107 Å². The van der Waals surface area contributed by atoms with Crippen LogP contribution in [0.5, 0.6) is 0 Å². The van der Waals surface area contributed by atoms with Crippen molar-refractivity contribution in [3.05, 3.63) is 36.1 Å². The molecule has 1 aliphatic rings. The molecule has 1 rings (SSSR count). The minimum absolute atomic E-state index is 0.255. The van der Waals surface area contributed by atoms with Crippen LogP contribution in [0.3, 0.4) is 0 Å². The lowest BCUT2D eigenvalue weighted by Gasteiger charge is -2.28. The highest BCUT2D eigenvalue weighted by Gasteiger charge is 2.37. The molecule has 0 saturated carbocycles. The summed E-state index contributed by atoms with van der Waals surface area (Å²) in [6.45, 7) is 6.89. The number of sulfonamides is 1. The van der Waals surface area contributed by atoms with Crippen LogP contribution in [-0.4, -0.2) is 19.1 Å². The molecular weight excluding hydrogens is 252 g/mol. The van der Waals surface area contributed by atoms with Gasteiger partial charge in [0.25, 0.3) is 5.91 Å². The largest absolute Gasteiger partial charge is 0.323 e. The van der Waals surface area contributed by atoms with Crippen LogP contribution in [0.4, 0.5) is 0 Å². The maximum atomic E-state index is 11.6. The molecular formula is C12H18N2O3S. The topological polar surface area (TPSA) is 89.3 Å². The molecule has 0 radical (unpaired) electrons. The summed E-state index contributed by atoms with van der Waals surface area (Å²) in [5, 5.41) is 7.87. The van der Waals surface area contributed by atoms with Crippen LogP contribution >= 0.6 is 0 Å². The first-order chi connectivity index (χ1) is 8.22. The van der Waals surface area contributed by atoms with Gasteiger partial charge in [-0.2, -0.15) is 0 Å². The fraction of sp³-hybridized carbons (Fsp3) is 0.417. The average molecular weight is 270 g/mol. The lowest BCUT2D eigenvalue weighted by molar-refractivity contribution is -0.116. The van der Waals surface area contributed by atoms with Crippen molar-refractivity contribution >= 4 is 15.9 Å². The molecule has 5 nitrogen and oxygen atoms in total. The Morgan fingerprint density at radius 3 is 2.56 bits per heavy atom. The van der Waals surface area contributed by atoms with Gasteiger partial charge in [0.05, 0.1) is 0 Å². The second-order valence-corrected chi connectivity index (χ2v) is 6.30. The van der Waals surface area contributed by atoms with Crippen molar-refractivity contribution in [2.75, 3.05) is 0 Å².